The van der Waals surface area contributed by atoms with E-state index in [0.29, 0.717) is 23.2 Å². The molecule has 3 aromatic carbocycles. The van der Waals surface area contributed by atoms with Crippen molar-refractivity contribution in [2.24, 2.45) is 0 Å². The highest BCUT2D eigenvalue weighted by atomic mass is 79.9. The average Bonchev–Trinajstić information content (AvgIpc) is 2.93. The highest BCUT2D eigenvalue weighted by Gasteiger charge is 2.19. The number of aryl methyl sites for hydroxylation is 1. The number of carboxylic acid groups (broad SMARTS) is 1. The standard InChI is InChI=1S/C32H31BrN2O3/c1-3-4-8-27(22(2)33)20-34-31(36)26-16-17-30-25(19-26)9-7-18-35(30)21-23-12-14-24(15-13-23)28-10-5-6-11-29(28)32(37)38/h3-6,8,10-17,19H,2,7,9,18,20-21H2,1H3,(H,34,36)(H,37,38)/b4-3-,27-8-. The van der Waals surface area contributed by atoms with E-state index in [4.69, 9.17) is 0 Å². The van der Waals surface area contributed by atoms with Crippen molar-refractivity contribution in [1.82, 2.24) is 5.32 Å². The third kappa shape index (κ3) is 6.50. The van der Waals surface area contributed by atoms with Gasteiger partial charge in [0.2, 0.25) is 0 Å². The number of hydrogen-bond donors (Lipinski definition) is 2. The lowest BCUT2D eigenvalue weighted by Gasteiger charge is -2.32. The second kappa shape index (κ2) is 12.6. The zero-order valence-corrected chi connectivity index (χ0v) is 23.0. The summed E-state index contributed by atoms with van der Waals surface area (Å²) in [6, 6.07) is 21.1. The minimum absolute atomic E-state index is 0.109. The maximum absolute atomic E-state index is 12.9. The molecule has 5 nitrogen and oxygen atoms in total. The minimum Gasteiger partial charge on any atom is -0.478 e. The number of nitrogens with one attached hydrogen (secondary N) is 1. The van der Waals surface area contributed by atoms with Gasteiger partial charge in [0.05, 0.1) is 5.56 Å². The molecule has 1 heterocycles. The minimum atomic E-state index is -0.929. The predicted octanol–water partition coefficient (Wildman–Crippen LogP) is 7.15. The molecule has 0 aliphatic carbocycles. The summed E-state index contributed by atoms with van der Waals surface area (Å²) in [5.74, 6) is -1.04. The van der Waals surface area contributed by atoms with Crippen molar-refractivity contribution in [3.8, 4) is 11.1 Å². The van der Waals surface area contributed by atoms with E-state index in [2.05, 4.69) is 44.9 Å². The molecule has 0 radical (unpaired) electrons. The summed E-state index contributed by atoms with van der Waals surface area (Å²) in [5.41, 5.74) is 6.93. The van der Waals surface area contributed by atoms with Crippen LogP contribution >= 0.6 is 15.9 Å². The molecule has 194 valence electrons. The molecule has 4 rings (SSSR count). The fourth-order valence-corrected chi connectivity index (χ4v) is 4.92. The van der Waals surface area contributed by atoms with Gasteiger partial charge in [-0.3, -0.25) is 4.79 Å². The first kappa shape index (κ1) is 27.1. The van der Waals surface area contributed by atoms with Crippen molar-refractivity contribution in [2.75, 3.05) is 18.0 Å². The Balaban J connectivity index is 1.46. The summed E-state index contributed by atoms with van der Waals surface area (Å²) in [6.45, 7) is 7.94. The van der Waals surface area contributed by atoms with Crippen molar-refractivity contribution in [2.45, 2.75) is 26.3 Å². The van der Waals surface area contributed by atoms with Gasteiger partial charge in [-0.25, -0.2) is 4.79 Å². The molecule has 0 spiro atoms. The number of allylic oxidation sites excluding steroid dienone is 3. The van der Waals surface area contributed by atoms with Gasteiger partial charge in [-0.05, 0) is 71.9 Å². The molecule has 2 N–H and O–H groups in total. The number of amides is 1. The number of nitrogens with zero attached hydrogens (tertiary/aromatic N) is 1. The number of hydrogen-bond acceptors (Lipinski definition) is 3. The first-order valence-corrected chi connectivity index (χ1v) is 13.4. The van der Waals surface area contributed by atoms with E-state index in [1.807, 2.05) is 67.6 Å². The third-order valence-corrected chi connectivity index (χ3v) is 7.14. The summed E-state index contributed by atoms with van der Waals surface area (Å²) in [5, 5.41) is 12.5. The van der Waals surface area contributed by atoms with Gasteiger partial charge in [-0.2, -0.15) is 0 Å². The quantitative estimate of drug-likeness (QED) is 0.268. The molecule has 38 heavy (non-hydrogen) atoms. The van der Waals surface area contributed by atoms with Gasteiger partial charge in [0.15, 0.2) is 0 Å². The van der Waals surface area contributed by atoms with Crippen LogP contribution in [0.1, 0.15) is 45.2 Å². The van der Waals surface area contributed by atoms with E-state index in [1.54, 1.807) is 12.1 Å². The summed E-state index contributed by atoms with van der Waals surface area (Å²) in [6.07, 6.45) is 7.73. The summed E-state index contributed by atoms with van der Waals surface area (Å²) in [7, 11) is 0. The lowest BCUT2D eigenvalue weighted by molar-refractivity contribution is 0.0697. The highest BCUT2D eigenvalue weighted by Crippen LogP contribution is 2.30. The smallest absolute Gasteiger partial charge is 0.336 e. The van der Waals surface area contributed by atoms with Crippen LogP contribution in [-0.2, 0) is 13.0 Å². The lowest BCUT2D eigenvalue weighted by atomic mass is 9.97. The number of benzene rings is 3. The van der Waals surface area contributed by atoms with E-state index in [-0.39, 0.29) is 5.91 Å². The van der Waals surface area contributed by atoms with Crippen LogP contribution in [0, 0.1) is 0 Å². The topological polar surface area (TPSA) is 69.6 Å². The van der Waals surface area contributed by atoms with E-state index >= 15 is 0 Å². The first-order chi connectivity index (χ1) is 18.4. The number of aromatic carboxylic acids is 1. The van der Waals surface area contributed by atoms with Gasteiger partial charge in [-0.15, -0.1) is 0 Å². The summed E-state index contributed by atoms with van der Waals surface area (Å²) in [4.78, 5) is 26.8. The van der Waals surface area contributed by atoms with Crippen LogP contribution in [0.2, 0.25) is 0 Å². The Kier molecular flexibility index (Phi) is 8.98. The Hall–Kier alpha value is -3.90. The van der Waals surface area contributed by atoms with Crippen LogP contribution in [0.4, 0.5) is 5.69 Å². The number of carboxylic acids is 1. The number of carbonyl (C=O) groups excluding carboxylic acids is 1. The largest absolute Gasteiger partial charge is 0.478 e. The van der Waals surface area contributed by atoms with Gasteiger partial charge in [0, 0.05) is 35.4 Å². The fraction of sp³-hybridized carbons (Fsp3) is 0.188. The zero-order valence-electron chi connectivity index (χ0n) is 21.4. The molecule has 1 aliphatic rings. The third-order valence-electron chi connectivity index (χ3n) is 6.63. The molecule has 0 fully saturated rings. The molecule has 1 aliphatic heterocycles. The molecular formula is C32H31BrN2O3. The Morgan fingerprint density at radius 1 is 1.11 bits per heavy atom. The first-order valence-electron chi connectivity index (χ1n) is 12.6. The van der Waals surface area contributed by atoms with Crippen LogP contribution < -0.4 is 10.2 Å². The Bertz CT molecular complexity index is 1410. The van der Waals surface area contributed by atoms with Gasteiger partial charge < -0.3 is 15.3 Å². The summed E-state index contributed by atoms with van der Waals surface area (Å²) >= 11 is 3.41. The Labute approximate surface area is 232 Å². The number of carbonyl (C=O) groups is 2. The second-order valence-corrected chi connectivity index (χ2v) is 10.2. The molecule has 0 atom stereocenters. The van der Waals surface area contributed by atoms with Gasteiger partial charge >= 0.3 is 5.97 Å². The number of anilines is 1. The maximum Gasteiger partial charge on any atom is 0.336 e. The normalized spacial score (nSPS) is 13.3. The van der Waals surface area contributed by atoms with E-state index in [0.717, 1.165) is 52.8 Å². The fourth-order valence-electron chi connectivity index (χ4n) is 4.65. The molecule has 6 heteroatoms. The van der Waals surface area contributed by atoms with Crippen LogP contribution in [-0.4, -0.2) is 30.1 Å². The van der Waals surface area contributed by atoms with Crippen LogP contribution in [0.15, 0.2) is 102 Å². The Morgan fingerprint density at radius 3 is 2.58 bits per heavy atom. The van der Waals surface area contributed by atoms with Crippen molar-refractivity contribution < 1.29 is 14.7 Å². The van der Waals surface area contributed by atoms with Crippen molar-refractivity contribution in [3.05, 3.63) is 124 Å². The molecule has 0 saturated heterocycles. The van der Waals surface area contributed by atoms with Gasteiger partial charge in [-0.1, -0.05) is 83.2 Å². The molecule has 3 aromatic rings. The second-order valence-electron chi connectivity index (χ2n) is 9.22. The maximum atomic E-state index is 12.9. The van der Waals surface area contributed by atoms with Crippen molar-refractivity contribution in [1.29, 1.82) is 0 Å². The monoisotopic (exact) mass is 570 g/mol. The average molecular weight is 572 g/mol. The number of rotatable bonds is 9. The van der Waals surface area contributed by atoms with Crippen molar-refractivity contribution in [3.63, 3.8) is 0 Å². The molecule has 0 bridgehead atoms. The molecular weight excluding hydrogens is 540 g/mol. The van der Waals surface area contributed by atoms with E-state index in [1.165, 1.54) is 5.56 Å². The number of halogens is 1. The SMILES string of the molecule is C=C(Br)/C(=C\C=C/C)CNC(=O)c1ccc2c(c1)CCCN2Cc1ccc(-c2ccccc2C(=O)O)cc1. The molecule has 1 amide bonds. The zero-order chi connectivity index (χ0) is 27.1. The van der Waals surface area contributed by atoms with Crippen LogP contribution in [0.25, 0.3) is 11.1 Å². The van der Waals surface area contributed by atoms with Gasteiger partial charge in [0.25, 0.3) is 5.91 Å². The highest BCUT2D eigenvalue weighted by molar-refractivity contribution is 9.11. The molecule has 0 saturated carbocycles. The Morgan fingerprint density at radius 2 is 1.87 bits per heavy atom. The van der Waals surface area contributed by atoms with Crippen LogP contribution in [0.5, 0.6) is 0 Å². The summed E-state index contributed by atoms with van der Waals surface area (Å²) < 4.78 is 0.746. The number of fused-ring (bicyclic) bond motifs is 1. The molecule has 0 unspecified atom stereocenters. The van der Waals surface area contributed by atoms with E-state index in [9.17, 15) is 14.7 Å². The molecule has 0 aromatic heterocycles. The van der Waals surface area contributed by atoms with Gasteiger partial charge in [0.1, 0.15) is 0 Å². The predicted molar refractivity (Wildman–Crippen MR) is 158 cm³/mol. The van der Waals surface area contributed by atoms with Crippen LogP contribution in [0.3, 0.4) is 0 Å². The lowest BCUT2D eigenvalue weighted by Crippen LogP contribution is -2.30. The van der Waals surface area contributed by atoms with E-state index < -0.39 is 5.97 Å². The van der Waals surface area contributed by atoms with Crippen molar-refractivity contribution >= 4 is 33.5 Å².